The molecule has 9 nitrogen and oxygen atoms in total. The number of amides is 1. The molecule has 1 saturated heterocycles. The highest BCUT2D eigenvalue weighted by molar-refractivity contribution is 6.47. The quantitative estimate of drug-likeness (QED) is 0.296. The van der Waals surface area contributed by atoms with Crippen molar-refractivity contribution in [1.82, 2.24) is 14.5 Å². The summed E-state index contributed by atoms with van der Waals surface area (Å²) in [5.74, 6) is 0.0334. The molecule has 0 aliphatic carbocycles. The summed E-state index contributed by atoms with van der Waals surface area (Å²) < 4.78 is 7.85. The maximum atomic E-state index is 13.3. The normalized spacial score (nSPS) is 16.2. The molecule has 6 rings (SSSR count). The van der Waals surface area contributed by atoms with Gasteiger partial charge in [0.1, 0.15) is 18.1 Å². The molecule has 1 unspecified atom stereocenters. The molecule has 2 aromatic heterocycles. The number of anilines is 3. The lowest BCUT2D eigenvalue weighted by Gasteiger charge is -2.45. The van der Waals surface area contributed by atoms with E-state index in [0.29, 0.717) is 41.3 Å². The fraction of sp³-hybridized carbons (Fsp3) is 0.241. The summed E-state index contributed by atoms with van der Waals surface area (Å²) in [7, 11) is 1.80. The zero-order valence-corrected chi connectivity index (χ0v) is 22.4. The van der Waals surface area contributed by atoms with E-state index in [1.165, 1.54) is 0 Å². The van der Waals surface area contributed by atoms with E-state index < -0.39 is 11.7 Å². The lowest BCUT2D eigenvalue weighted by molar-refractivity contribution is -0.112. The highest BCUT2D eigenvalue weighted by Gasteiger charge is 2.34. The smallest absolute Gasteiger partial charge is 0.298 e. The van der Waals surface area contributed by atoms with E-state index in [1.807, 2.05) is 49.4 Å². The summed E-state index contributed by atoms with van der Waals surface area (Å²) in [6.07, 6.45) is 3.20. The van der Waals surface area contributed by atoms with Gasteiger partial charge in [-0.2, -0.15) is 0 Å². The van der Waals surface area contributed by atoms with Crippen molar-refractivity contribution in [3.63, 3.8) is 0 Å². The van der Waals surface area contributed by atoms with E-state index >= 15 is 0 Å². The Kier molecular flexibility index (Phi) is 6.44. The summed E-state index contributed by atoms with van der Waals surface area (Å²) in [6.45, 7) is 4.64. The summed E-state index contributed by atoms with van der Waals surface area (Å²) in [5.41, 5.74) is 4.33. The van der Waals surface area contributed by atoms with Crippen molar-refractivity contribution in [3.05, 3.63) is 83.4 Å². The van der Waals surface area contributed by atoms with Crippen molar-refractivity contribution >= 4 is 40.6 Å². The van der Waals surface area contributed by atoms with Crippen LogP contribution in [-0.4, -0.2) is 58.5 Å². The Morgan fingerprint density at radius 2 is 1.82 bits per heavy atom. The minimum absolute atomic E-state index is 0.129. The average Bonchev–Trinajstić information content (AvgIpc) is 3.26. The molecule has 1 fully saturated rings. The van der Waals surface area contributed by atoms with Crippen LogP contribution in [0.25, 0.3) is 11.1 Å². The Labute approximate surface area is 231 Å². The van der Waals surface area contributed by atoms with Gasteiger partial charge >= 0.3 is 0 Å². The van der Waals surface area contributed by atoms with Crippen molar-refractivity contribution < 1.29 is 14.3 Å². The molecule has 0 bridgehead atoms. The van der Waals surface area contributed by atoms with E-state index in [0.717, 1.165) is 35.6 Å². The first-order valence-corrected chi connectivity index (χ1v) is 13.1. The molecule has 39 heavy (non-hydrogen) atoms. The van der Waals surface area contributed by atoms with Gasteiger partial charge in [-0.3, -0.25) is 9.59 Å². The van der Waals surface area contributed by atoms with Gasteiger partial charge in [-0.05, 0) is 30.7 Å². The van der Waals surface area contributed by atoms with Crippen LogP contribution in [0, 0.1) is 6.92 Å². The Hall–Kier alpha value is -4.37. The highest BCUT2D eigenvalue weighted by atomic mass is 35.5. The van der Waals surface area contributed by atoms with Crippen LogP contribution in [-0.2, 0) is 11.8 Å². The van der Waals surface area contributed by atoms with Crippen molar-refractivity contribution in [2.45, 2.75) is 13.0 Å². The van der Waals surface area contributed by atoms with Gasteiger partial charge in [0.05, 0.1) is 29.1 Å². The topological polar surface area (TPSA) is 92.6 Å². The number of aromatic nitrogens is 3. The van der Waals surface area contributed by atoms with Gasteiger partial charge in [-0.15, -0.1) is 0 Å². The number of carbonyl (C=O) groups excluding carboxylic acids is 2. The zero-order valence-electron chi connectivity index (χ0n) is 21.6. The van der Waals surface area contributed by atoms with Gasteiger partial charge in [0.25, 0.3) is 11.7 Å². The van der Waals surface area contributed by atoms with Crippen molar-refractivity contribution in [2.24, 2.45) is 7.05 Å². The van der Waals surface area contributed by atoms with E-state index in [9.17, 15) is 9.59 Å². The van der Waals surface area contributed by atoms with Gasteiger partial charge < -0.3 is 24.4 Å². The van der Waals surface area contributed by atoms with Gasteiger partial charge in [0.15, 0.2) is 0 Å². The number of carbonyl (C=O) groups is 2. The van der Waals surface area contributed by atoms with E-state index in [2.05, 4.69) is 25.1 Å². The van der Waals surface area contributed by atoms with Crippen LogP contribution in [0.2, 0.25) is 5.02 Å². The number of benzene rings is 2. The molecular formula is C29H27ClN6O3. The predicted molar refractivity (Wildman–Crippen MR) is 151 cm³/mol. The number of piperazine rings is 1. The molecule has 1 N–H and O–H groups in total. The molecule has 0 radical (unpaired) electrons. The van der Waals surface area contributed by atoms with Crippen LogP contribution < -0.4 is 19.9 Å². The average molecular weight is 543 g/mol. The van der Waals surface area contributed by atoms with Crippen LogP contribution in [0.1, 0.15) is 16.2 Å². The maximum Gasteiger partial charge on any atom is 0.298 e. The number of hydrogen-bond acceptors (Lipinski definition) is 7. The first kappa shape index (κ1) is 24.9. The number of Topliss-reactive ketones (excluding diaryl/α,β-unsaturated/α-hetero) is 1. The predicted octanol–water partition coefficient (Wildman–Crippen LogP) is 4.35. The van der Waals surface area contributed by atoms with Crippen molar-refractivity contribution in [2.75, 3.05) is 41.4 Å². The first-order valence-electron chi connectivity index (χ1n) is 12.7. The van der Waals surface area contributed by atoms with E-state index in [1.54, 1.807) is 36.1 Å². The fourth-order valence-corrected chi connectivity index (χ4v) is 5.33. The highest BCUT2D eigenvalue weighted by Crippen LogP contribution is 2.38. The molecule has 2 aliphatic rings. The number of aryl methyl sites for hydroxylation is 1. The number of halogens is 1. The summed E-state index contributed by atoms with van der Waals surface area (Å²) in [5, 5.41) is 3.28. The molecule has 4 heterocycles. The number of hydrogen-bond donors (Lipinski definition) is 1. The van der Waals surface area contributed by atoms with Gasteiger partial charge in [0.2, 0.25) is 5.95 Å². The Morgan fingerprint density at radius 1 is 1.05 bits per heavy atom. The second kappa shape index (κ2) is 10.1. The first-order chi connectivity index (χ1) is 18.9. The van der Waals surface area contributed by atoms with Crippen molar-refractivity contribution in [3.8, 4) is 16.9 Å². The number of rotatable bonds is 5. The summed E-state index contributed by atoms with van der Waals surface area (Å²) in [4.78, 5) is 39.5. The number of ether oxygens (including phenoxy) is 1. The van der Waals surface area contributed by atoms with Crippen LogP contribution in [0.3, 0.4) is 0 Å². The number of nitrogens with zero attached hydrogens (tertiary/aromatic N) is 5. The summed E-state index contributed by atoms with van der Waals surface area (Å²) >= 11 is 5.93. The number of ketones is 1. The molecule has 0 saturated carbocycles. The Balaban J connectivity index is 1.18. The molecule has 0 spiro atoms. The minimum atomic E-state index is -0.696. The monoisotopic (exact) mass is 542 g/mol. The second-order valence-corrected chi connectivity index (χ2v) is 10.2. The lowest BCUT2D eigenvalue weighted by Crippen LogP contribution is -2.57. The molecule has 2 aromatic carbocycles. The molecule has 1 amide bonds. The number of fused-ring (bicyclic) bond motifs is 3. The van der Waals surface area contributed by atoms with Crippen LogP contribution in [0.15, 0.2) is 67.0 Å². The molecule has 1 atom stereocenters. The molecular weight excluding hydrogens is 516 g/mol. The second-order valence-electron chi connectivity index (χ2n) is 9.74. The third-order valence-electron chi connectivity index (χ3n) is 7.31. The van der Waals surface area contributed by atoms with Crippen LogP contribution in [0.4, 0.5) is 17.3 Å². The zero-order chi connectivity index (χ0) is 27.1. The molecule has 198 valence electrons. The van der Waals surface area contributed by atoms with Gasteiger partial charge in [0, 0.05) is 49.7 Å². The third kappa shape index (κ3) is 4.70. The molecule has 2 aliphatic heterocycles. The van der Waals surface area contributed by atoms with Gasteiger partial charge in [-0.1, -0.05) is 41.9 Å². The molecule has 10 heteroatoms. The Bertz CT molecular complexity index is 1550. The van der Waals surface area contributed by atoms with Gasteiger partial charge in [-0.25, -0.2) is 9.97 Å². The maximum absolute atomic E-state index is 13.3. The van der Waals surface area contributed by atoms with Crippen molar-refractivity contribution in [1.29, 1.82) is 0 Å². The van der Waals surface area contributed by atoms with E-state index in [-0.39, 0.29) is 6.04 Å². The fourth-order valence-electron chi connectivity index (χ4n) is 5.24. The Morgan fingerprint density at radius 3 is 2.59 bits per heavy atom. The van der Waals surface area contributed by atoms with Crippen LogP contribution >= 0.6 is 11.6 Å². The third-order valence-corrected chi connectivity index (χ3v) is 7.50. The summed E-state index contributed by atoms with van der Waals surface area (Å²) in [6, 6.07) is 17.2. The largest absolute Gasteiger partial charge is 0.489 e. The van der Waals surface area contributed by atoms with E-state index in [4.69, 9.17) is 16.3 Å². The van der Waals surface area contributed by atoms with Crippen LogP contribution in [0.5, 0.6) is 5.75 Å². The number of nitrogens with one attached hydrogen (secondary N) is 1. The SMILES string of the molecule is Cc1cc(-c2ccccc2)c(C(=O)C(=O)Nc2ccc3c(c2)OCC2CN(c4ncc(Cl)cn4)CCN32)n1C. The standard InChI is InChI=1S/C29H27ClN6O3/c1-18-12-23(19-6-4-3-5-7-19)26(34(18)2)27(37)28(38)33-21-8-9-24-25(13-21)39-17-22-16-35(10-11-36(22)24)29-31-14-20(30)15-32-29/h3-9,12-15,22H,10-11,16-17H2,1-2H3,(H,33,38). The lowest BCUT2D eigenvalue weighted by atomic mass is 10.0. The minimum Gasteiger partial charge on any atom is -0.489 e. The molecule has 4 aromatic rings.